The number of esters is 1. The zero-order valence-electron chi connectivity index (χ0n) is 14.5. The summed E-state index contributed by atoms with van der Waals surface area (Å²) in [6, 6.07) is 18.8. The van der Waals surface area contributed by atoms with Crippen molar-refractivity contribution in [3.63, 3.8) is 0 Å². The first kappa shape index (κ1) is 17.8. The Balaban J connectivity index is 1.66. The molecule has 5 nitrogen and oxygen atoms in total. The summed E-state index contributed by atoms with van der Waals surface area (Å²) in [6.07, 6.45) is -0.908. The molecule has 3 rings (SSSR count). The summed E-state index contributed by atoms with van der Waals surface area (Å²) in [6.45, 7) is 1.56. The molecule has 2 aromatic carbocycles. The number of para-hydroxylation sites is 1. The van der Waals surface area contributed by atoms with Crippen LogP contribution in [0.1, 0.15) is 17.4 Å². The van der Waals surface area contributed by atoms with Crippen molar-refractivity contribution in [2.75, 3.05) is 11.9 Å². The molecule has 0 fully saturated rings. The molecule has 0 aliphatic carbocycles. The maximum atomic E-state index is 12.5. The predicted octanol–water partition coefficient (Wildman–Crippen LogP) is 4.02. The number of anilines is 1. The number of rotatable bonds is 5. The van der Waals surface area contributed by atoms with Crippen LogP contribution in [0.5, 0.6) is 0 Å². The van der Waals surface area contributed by atoms with Gasteiger partial charge in [-0.15, -0.1) is 11.3 Å². The van der Waals surface area contributed by atoms with E-state index in [1.807, 2.05) is 60.7 Å². The number of ether oxygens (including phenoxy) is 1. The number of carbonyl (C=O) groups is 2. The molecule has 0 aliphatic rings. The molecule has 0 spiro atoms. The maximum Gasteiger partial charge on any atom is 0.358 e. The van der Waals surface area contributed by atoms with Crippen molar-refractivity contribution in [2.45, 2.75) is 13.0 Å². The van der Waals surface area contributed by atoms with Gasteiger partial charge in [-0.25, -0.2) is 9.78 Å². The van der Waals surface area contributed by atoms with Gasteiger partial charge in [-0.1, -0.05) is 48.5 Å². The lowest BCUT2D eigenvalue weighted by Crippen LogP contribution is -2.37. The first-order valence-electron chi connectivity index (χ1n) is 8.11. The van der Waals surface area contributed by atoms with Gasteiger partial charge in [0.25, 0.3) is 5.91 Å². The highest BCUT2D eigenvalue weighted by Crippen LogP contribution is 2.24. The molecular formula is C20H18N2O3S. The van der Waals surface area contributed by atoms with E-state index in [-0.39, 0.29) is 11.6 Å². The third-order valence-electron chi connectivity index (χ3n) is 3.84. The summed E-state index contributed by atoms with van der Waals surface area (Å²) in [4.78, 5) is 30.6. The number of carbonyl (C=O) groups excluding carboxylic acids is 2. The normalized spacial score (nSPS) is 11.6. The minimum absolute atomic E-state index is 0.205. The van der Waals surface area contributed by atoms with Crippen molar-refractivity contribution in [1.82, 2.24) is 4.98 Å². The quantitative estimate of drug-likeness (QED) is 0.640. The molecule has 132 valence electrons. The molecule has 0 aliphatic heterocycles. The fraction of sp³-hybridized carbons (Fsp3) is 0.150. The molecule has 0 N–H and O–H groups in total. The van der Waals surface area contributed by atoms with Gasteiger partial charge in [-0.2, -0.15) is 0 Å². The van der Waals surface area contributed by atoms with E-state index in [9.17, 15) is 9.59 Å². The third kappa shape index (κ3) is 3.97. The highest BCUT2D eigenvalue weighted by atomic mass is 32.1. The zero-order valence-corrected chi connectivity index (χ0v) is 15.3. The largest absolute Gasteiger partial charge is 0.448 e. The average Bonchev–Trinajstić information content (AvgIpc) is 3.18. The maximum absolute atomic E-state index is 12.5. The number of nitrogens with zero attached hydrogens (tertiary/aromatic N) is 2. The summed E-state index contributed by atoms with van der Waals surface area (Å²) in [5.41, 5.74) is 1.88. The summed E-state index contributed by atoms with van der Waals surface area (Å²) in [7, 11) is 1.65. The van der Waals surface area contributed by atoms with Crippen LogP contribution >= 0.6 is 11.3 Å². The first-order chi connectivity index (χ1) is 12.6. The van der Waals surface area contributed by atoms with Crippen molar-refractivity contribution in [1.29, 1.82) is 0 Å². The molecule has 0 saturated carbocycles. The van der Waals surface area contributed by atoms with Crippen LogP contribution < -0.4 is 4.90 Å². The fourth-order valence-corrected chi connectivity index (χ4v) is 3.20. The van der Waals surface area contributed by atoms with Crippen molar-refractivity contribution < 1.29 is 14.3 Å². The number of benzene rings is 2. The van der Waals surface area contributed by atoms with Gasteiger partial charge >= 0.3 is 5.97 Å². The van der Waals surface area contributed by atoms with E-state index in [0.717, 1.165) is 16.3 Å². The molecule has 6 heteroatoms. The lowest BCUT2D eigenvalue weighted by atomic mass is 10.2. The zero-order chi connectivity index (χ0) is 18.5. The SMILES string of the molecule is C[C@@H](OC(=O)c1csc(-c2ccccc2)n1)C(=O)N(C)c1ccccc1. The predicted molar refractivity (Wildman–Crippen MR) is 102 cm³/mol. The highest BCUT2D eigenvalue weighted by molar-refractivity contribution is 7.13. The Kier molecular flexibility index (Phi) is 5.43. The van der Waals surface area contributed by atoms with Gasteiger partial charge < -0.3 is 9.64 Å². The van der Waals surface area contributed by atoms with E-state index in [2.05, 4.69) is 4.98 Å². The topological polar surface area (TPSA) is 59.5 Å². The third-order valence-corrected chi connectivity index (χ3v) is 4.73. The van der Waals surface area contributed by atoms with E-state index in [1.165, 1.54) is 16.2 Å². The lowest BCUT2D eigenvalue weighted by molar-refractivity contribution is -0.126. The molecule has 26 heavy (non-hydrogen) atoms. The number of hydrogen-bond acceptors (Lipinski definition) is 5. The fourth-order valence-electron chi connectivity index (χ4n) is 2.40. The second-order valence-corrected chi connectivity index (χ2v) is 6.54. The van der Waals surface area contributed by atoms with Crippen LogP contribution in [0.15, 0.2) is 66.0 Å². The summed E-state index contributed by atoms with van der Waals surface area (Å²) >= 11 is 1.36. The Labute approximate surface area is 155 Å². The van der Waals surface area contributed by atoms with Crippen LogP contribution in [0.25, 0.3) is 10.6 Å². The number of thiazole rings is 1. The molecule has 1 amide bonds. The summed E-state index contributed by atoms with van der Waals surface area (Å²) < 4.78 is 5.30. The first-order valence-corrected chi connectivity index (χ1v) is 8.99. The van der Waals surface area contributed by atoms with Crippen LogP contribution in [-0.4, -0.2) is 30.0 Å². The van der Waals surface area contributed by atoms with E-state index >= 15 is 0 Å². The molecule has 0 saturated heterocycles. The van der Waals surface area contributed by atoms with Crippen LogP contribution in [0.3, 0.4) is 0 Å². The minimum Gasteiger partial charge on any atom is -0.448 e. The number of amides is 1. The number of hydrogen-bond donors (Lipinski definition) is 0. The number of likely N-dealkylation sites (N-methyl/N-ethyl adjacent to an activating group) is 1. The lowest BCUT2D eigenvalue weighted by Gasteiger charge is -2.21. The van der Waals surface area contributed by atoms with Crippen molar-refractivity contribution in [2.24, 2.45) is 0 Å². The van der Waals surface area contributed by atoms with E-state index in [0.29, 0.717) is 0 Å². The molecule has 0 bridgehead atoms. The molecule has 0 radical (unpaired) electrons. The molecule has 1 aromatic heterocycles. The van der Waals surface area contributed by atoms with Crippen molar-refractivity contribution in [3.8, 4) is 10.6 Å². The average molecular weight is 366 g/mol. The van der Waals surface area contributed by atoms with E-state index in [4.69, 9.17) is 4.74 Å². The Bertz CT molecular complexity index is 894. The Morgan fingerprint density at radius 3 is 2.31 bits per heavy atom. The van der Waals surface area contributed by atoms with Crippen molar-refractivity contribution in [3.05, 3.63) is 71.7 Å². The standard InChI is InChI=1S/C20H18N2O3S/c1-14(19(23)22(2)16-11-7-4-8-12-16)25-20(24)17-13-26-18(21-17)15-9-5-3-6-10-15/h3-14H,1-2H3/t14-/m1/s1. The minimum atomic E-state index is -0.908. The second-order valence-electron chi connectivity index (χ2n) is 5.68. The Morgan fingerprint density at radius 1 is 1.04 bits per heavy atom. The van der Waals surface area contributed by atoms with Gasteiger partial charge in [0, 0.05) is 23.7 Å². The van der Waals surface area contributed by atoms with Gasteiger partial charge in [-0.05, 0) is 19.1 Å². The van der Waals surface area contributed by atoms with Gasteiger partial charge in [0.15, 0.2) is 11.8 Å². The molecule has 1 heterocycles. The van der Waals surface area contributed by atoms with Crippen LogP contribution in [0.4, 0.5) is 5.69 Å². The van der Waals surface area contributed by atoms with Crippen LogP contribution in [0.2, 0.25) is 0 Å². The van der Waals surface area contributed by atoms with Gasteiger partial charge in [0.2, 0.25) is 0 Å². The van der Waals surface area contributed by atoms with Crippen LogP contribution in [0, 0.1) is 0 Å². The molecular weight excluding hydrogens is 348 g/mol. The van der Waals surface area contributed by atoms with E-state index in [1.54, 1.807) is 19.4 Å². The van der Waals surface area contributed by atoms with E-state index < -0.39 is 12.1 Å². The van der Waals surface area contributed by atoms with Gasteiger partial charge in [0.1, 0.15) is 5.01 Å². The summed E-state index contributed by atoms with van der Waals surface area (Å²) in [5, 5.41) is 2.38. The molecule has 3 aromatic rings. The molecule has 0 unspecified atom stereocenters. The molecule has 1 atom stereocenters. The van der Waals surface area contributed by atoms with Crippen molar-refractivity contribution >= 4 is 28.9 Å². The Morgan fingerprint density at radius 2 is 1.65 bits per heavy atom. The second kappa shape index (κ2) is 7.93. The monoisotopic (exact) mass is 366 g/mol. The smallest absolute Gasteiger partial charge is 0.358 e. The van der Waals surface area contributed by atoms with Gasteiger partial charge in [0.05, 0.1) is 0 Å². The van der Waals surface area contributed by atoms with Crippen LogP contribution in [-0.2, 0) is 9.53 Å². The Hall–Kier alpha value is -2.99. The summed E-state index contributed by atoms with van der Waals surface area (Å²) in [5.74, 6) is -0.909. The highest BCUT2D eigenvalue weighted by Gasteiger charge is 2.24. The van der Waals surface area contributed by atoms with Gasteiger partial charge in [-0.3, -0.25) is 4.79 Å². The number of aromatic nitrogens is 1.